The molecule has 0 saturated heterocycles. The monoisotopic (exact) mass is 810 g/mol. The SMILES string of the molecule is CCCCN.C[C@@H]1NC(=O)C(N(C)C(=O)CNC(=O)c2ccc(-c3ccc(Cl)cc3)cc2)c2cc(c3oc(CN)cc3c2)-c2cc(ccc2O)CC(C(=O)O)NC1=O. The summed E-state index contributed by atoms with van der Waals surface area (Å²) in [5, 5.41) is 29.8. The number of rotatable bonds is 9. The number of carboxylic acids is 1. The molecule has 5 aromatic rings. The van der Waals surface area contributed by atoms with Gasteiger partial charge in [0.1, 0.15) is 35.2 Å². The van der Waals surface area contributed by atoms with Gasteiger partial charge in [0.05, 0.1) is 13.1 Å². The zero-order valence-electron chi connectivity index (χ0n) is 32.4. The third-order valence-corrected chi connectivity index (χ3v) is 9.93. The van der Waals surface area contributed by atoms with Gasteiger partial charge in [-0.05, 0) is 96.7 Å². The minimum Gasteiger partial charge on any atom is -0.507 e. The molecule has 58 heavy (non-hydrogen) atoms. The Morgan fingerprint density at radius 3 is 2.19 bits per heavy atom. The van der Waals surface area contributed by atoms with Gasteiger partial charge in [-0.1, -0.05) is 55.3 Å². The van der Waals surface area contributed by atoms with Crippen LogP contribution in [0.3, 0.4) is 0 Å². The third-order valence-electron chi connectivity index (χ3n) is 9.68. The maximum absolute atomic E-state index is 14.1. The van der Waals surface area contributed by atoms with E-state index in [0.29, 0.717) is 44.0 Å². The number of hydrogen-bond acceptors (Lipinski definition) is 9. The van der Waals surface area contributed by atoms with Gasteiger partial charge < -0.3 is 46.9 Å². The lowest BCUT2D eigenvalue weighted by atomic mass is 9.93. The maximum atomic E-state index is 14.1. The Balaban J connectivity index is 0.00000121. The number of amides is 4. The van der Waals surface area contributed by atoms with Crippen molar-refractivity contribution in [1.82, 2.24) is 20.9 Å². The van der Waals surface area contributed by atoms with Crippen molar-refractivity contribution in [2.24, 2.45) is 11.5 Å². The molecule has 4 bridgehead atoms. The number of hydrogen-bond donors (Lipinski definition) is 7. The molecule has 15 heteroatoms. The molecular formula is C43H47ClN6O8. The number of aliphatic carboxylic acids is 1. The van der Waals surface area contributed by atoms with Crippen LogP contribution in [-0.4, -0.2) is 76.9 Å². The van der Waals surface area contributed by atoms with Crippen molar-refractivity contribution in [3.05, 3.63) is 112 Å². The molecule has 0 spiro atoms. The smallest absolute Gasteiger partial charge is 0.326 e. The maximum Gasteiger partial charge on any atom is 0.326 e. The van der Waals surface area contributed by atoms with Crippen molar-refractivity contribution in [2.75, 3.05) is 20.1 Å². The molecular weight excluding hydrogens is 764 g/mol. The van der Waals surface area contributed by atoms with Crippen LogP contribution in [0.25, 0.3) is 33.2 Å². The minimum absolute atomic E-state index is 0.0485. The molecule has 2 unspecified atom stereocenters. The first-order valence-electron chi connectivity index (χ1n) is 18.8. The van der Waals surface area contributed by atoms with Gasteiger partial charge in [-0.2, -0.15) is 0 Å². The van der Waals surface area contributed by atoms with Crippen LogP contribution >= 0.6 is 11.6 Å². The highest BCUT2D eigenvalue weighted by atomic mass is 35.5. The van der Waals surface area contributed by atoms with Crippen molar-refractivity contribution in [1.29, 1.82) is 0 Å². The van der Waals surface area contributed by atoms with Crippen molar-refractivity contribution in [3.8, 4) is 28.0 Å². The lowest BCUT2D eigenvalue weighted by Gasteiger charge is -2.30. The molecule has 1 aromatic heterocycles. The number of aromatic hydroxyl groups is 1. The average molecular weight is 811 g/mol. The van der Waals surface area contributed by atoms with Crippen molar-refractivity contribution < 1.29 is 38.6 Å². The Hall–Kier alpha value is -6.22. The number of phenolic OH excluding ortho intramolecular Hbond substituents is 1. The summed E-state index contributed by atoms with van der Waals surface area (Å²) in [6.07, 6.45) is 2.26. The molecule has 4 amide bonds. The van der Waals surface area contributed by atoms with Gasteiger partial charge in [-0.3, -0.25) is 19.2 Å². The minimum atomic E-state index is -1.36. The Morgan fingerprint density at radius 1 is 0.914 bits per heavy atom. The molecule has 1 aliphatic heterocycles. The Kier molecular flexibility index (Phi) is 14.3. The summed E-state index contributed by atoms with van der Waals surface area (Å²) >= 11 is 5.99. The number of nitrogens with zero attached hydrogens (tertiary/aromatic N) is 1. The number of benzene rings is 4. The van der Waals surface area contributed by atoms with Crippen molar-refractivity contribution >= 4 is 52.2 Å². The zero-order valence-corrected chi connectivity index (χ0v) is 33.1. The molecule has 1 aliphatic rings. The van der Waals surface area contributed by atoms with Gasteiger partial charge in [0.2, 0.25) is 17.7 Å². The van der Waals surface area contributed by atoms with Crippen LogP contribution in [0, 0.1) is 0 Å². The number of likely N-dealkylation sites (N-methyl/N-ethyl adjacent to an activating group) is 1. The highest BCUT2D eigenvalue weighted by Crippen LogP contribution is 2.40. The molecule has 0 aliphatic carbocycles. The quantitative estimate of drug-likeness (QED) is 0.107. The molecule has 9 N–H and O–H groups in total. The second-order valence-electron chi connectivity index (χ2n) is 13.9. The largest absolute Gasteiger partial charge is 0.507 e. The summed E-state index contributed by atoms with van der Waals surface area (Å²) in [5.41, 5.74) is 14.9. The fourth-order valence-electron chi connectivity index (χ4n) is 6.44. The van der Waals surface area contributed by atoms with Crippen LogP contribution < -0.4 is 27.4 Å². The number of phenols is 1. The van der Waals surface area contributed by atoms with Crippen LogP contribution in [0.2, 0.25) is 5.02 Å². The normalized spacial score (nSPS) is 16.6. The number of nitrogens with two attached hydrogens (primary N) is 2. The number of fused-ring (bicyclic) bond motifs is 7. The molecule has 14 nitrogen and oxygen atoms in total. The predicted octanol–water partition coefficient (Wildman–Crippen LogP) is 4.89. The van der Waals surface area contributed by atoms with Gasteiger partial charge >= 0.3 is 5.97 Å². The summed E-state index contributed by atoms with van der Waals surface area (Å²) in [7, 11) is 1.39. The number of furan rings is 1. The summed E-state index contributed by atoms with van der Waals surface area (Å²) in [5.74, 6) is -3.73. The van der Waals surface area contributed by atoms with E-state index in [9.17, 15) is 34.2 Å². The van der Waals surface area contributed by atoms with Gasteiger partial charge in [0, 0.05) is 40.6 Å². The molecule has 6 rings (SSSR count). The number of carbonyl (C=O) groups is 5. The van der Waals surface area contributed by atoms with E-state index in [4.69, 9.17) is 27.5 Å². The van der Waals surface area contributed by atoms with Crippen molar-refractivity contribution in [2.45, 2.75) is 57.8 Å². The summed E-state index contributed by atoms with van der Waals surface area (Å²) < 4.78 is 6.03. The Labute approximate surface area is 340 Å². The van der Waals surface area contributed by atoms with Crippen LogP contribution in [0.1, 0.15) is 60.0 Å². The van der Waals surface area contributed by atoms with E-state index in [0.717, 1.165) is 22.6 Å². The molecule has 4 aromatic carbocycles. The lowest BCUT2D eigenvalue weighted by Crippen LogP contribution is -2.53. The van der Waals surface area contributed by atoms with Crippen LogP contribution in [0.5, 0.6) is 5.75 Å². The molecule has 0 radical (unpaired) electrons. The fraction of sp³-hybridized carbons (Fsp3) is 0.279. The topological polar surface area (TPSA) is 230 Å². The second-order valence-corrected chi connectivity index (χ2v) is 14.3. The standard InChI is InChI=1S/C39H36ClN5O8.C4H11N/c1-20-36(48)44-31(39(51)52)14-21-3-12-32(46)29(13-21)30-17-25(15-26-16-28(18-41)53-35(26)30)34(38(50)43-20)45(2)33(47)19-42-37(49)24-6-4-22(5-7-24)23-8-10-27(40)11-9-23;1-2-3-4-5/h3-13,15-17,20,31,34,46H,14,18-19,41H2,1-2H3,(H,42,49)(H,43,50)(H,44,48)(H,51,52);2-5H2,1H3/t20-,31?,34?;/m0./s1. The molecule has 0 saturated carbocycles. The lowest BCUT2D eigenvalue weighted by molar-refractivity contribution is -0.142. The Bertz CT molecular complexity index is 2290. The van der Waals surface area contributed by atoms with Crippen molar-refractivity contribution in [3.63, 3.8) is 0 Å². The van der Waals surface area contributed by atoms with E-state index in [1.54, 1.807) is 66.7 Å². The van der Waals surface area contributed by atoms with Gasteiger partial charge in [-0.25, -0.2) is 4.79 Å². The first kappa shape index (κ1) is 42.9. The van der Waals surface area contributed by atoms with E-state index >= 15 is 0 Å². The zero-order chi connectivity index (χ0) is 42.1. The number of nitrogens with one attached hydrogen (secondary N) is 3. The van der Waals surface area contributed by atoms with Gasteiger partial charge in [0.15, 0.2) is 0 Å². The van der Waals surface area contributed by atoms with Crippen LogP contribution in [-0.2, 0) is 32.1 Å². The van der Waals surface area contributed by atoms with E-state index < -0.39 is 54.3 Å². The molecule has 3 atom stereocenters. The first-order chi connectivity index (χ1) is 27.7. The summed E-state index contributed by atoms with van der Waals surface area (Å²) in [6, 6.07) is 19.6. The molecule has 304 valence electrons. The first-order valence-corrected chi connectivity index (χ1v) is 19.1. The summed E-state index contributed by atoms with van der Waals surface area (Å²) in [4.78, 5) is 67.4. The van der Waals surface area contributed by atoms with Gasteiger partial charge in [-0.15, -0.1) is 0 Å². The predicted molar refractivity (Wildman–Crippen MR) is 221 cm³/mol. The van der Waals surface area contributed by atoms with E-state index in [2.05, 4.69) is 22.9 Å². The van der Waals surface area contributed by atoms with E-state index in [-0.39, 0.29) is 24.3 Å². The fourth-order valence-corrected chi connectivity index (χ4v) is 6.57. The number of carbonyl (C=O) groups excluding carboxylic acids is 4. The van der Waals surface area contributed by atoms with Gasteiger partial charge in [0.25, 0.3) is 5.91 Å². The van der Waals surface area contributed by atoms with E-state index in [1.165, 1.54) is 32.9 Å². The average Bonchev–Trinajstić information content (AvgIpc) is 3.64. The molecule has 2 heterocycles. The highest BCUT2D eigenvalue weighted by Gasteiger charge is 2.34. The second kappa shape index (κ2) is 19.3. The third kappa shape index (κ3) is 10.2. The molecule has 0 fully saturated rings. The number of carboxylic acid groups (broad SMARTS) is 1. The van der Waals surface area contributed by atoms with Crippen LogP contribution in [0.4, 0.5) is 0 Å². The number of unbranched alkanes of at least 4 members (excludes halogenated alkanes) is 1. The van der Waals surface area contributed by atoms with E-state index in [1.807, 2.05) is 12.1 Å². The van der Waals surface area contributed by atoms with Crippen LogP contribution in [0.15, 0.2) is 89.3 Å². The highest BCUT2D eigenvalue weighted by molar-refractivity contribution is 6.30. The Morgan fingerprint density at radius 2 is 1.59 bits per heavy atom. The number of halogens is 1. The summed E-state index contributed by atoms with van der Waals surface area (Å²) in [6.45, 7) is 3.94.